The van der Waals surface area contributed by atoms with E-state index < -0.39 is 46.9 Å². The van der Waals surface area contributed by atoms with E-state index in [4.69, 9.17) is 20.2 Å². The summed E-state index contributed by atoms with van der Waals surface area (Å²) in [6.07, 6.45) is 0.793. The van der Waals surface area contributed by atoms with Crippen LogP contribution in [0.2, 0.25) is 0 Å². The van der Waals surface area contributed by atoms with Gasteiger partial charge in [-0.2, -0.15) is 0 Å². The van der Waals surface area contributed by atoms with Gasteiger partial charge in [-0.05, 0) is 72.8 Å². The molecule has 2 amide bonds. The predicted octanol–water partition coefficient (Wildman–Crippen LogP) is 4.46. The number of hydrogen-bond donors (Lipinski definition) is 1. The molecule has 0 aliphatic carbocycles. The summed E-state index contributed by atoms with van der Waals surface area (Å²) in [5, 5.41) is -1.03. The zero-order valence-corrected chi connectivity index (χ0v) is 27.1. The van der Waals surface area contributed by atoms with Crippen LogP contribution >= 0.6 is 10.7 Å². The zero-order valence-electron chi connectivity index (χ0n) is 24.8. The normalized spacial score (nSPS) is 17.8. The van der Waals surface area contributed by atoms with Crippen LogP contribution in [0.5, 0.6) is 0 Å². The van der Waals surface area contributed by atoms with Crippen LogP contribution in [-0.4, -0.2) is 86.7 Å². The summed E-state index contributed by atoms with van der Waals surface area (Å²) in [5.74, 6) is 0. The standard InChI is InChI=1S/C17H26N2O4S.C10H18ClNO4S/c1-17(2,3)23-16(20)19-11-9-15(10-12-19)24(21,22)18-13-14-7-5-4-6-8-14;1-10(2,3)16-9(13)12-6-4-8(5-7-12)17(11,14)15/h4-8,15,18H,9-13H2,1-3H3;8H,4-7H2,1-3H3. The second-order valence-corrected chi connectivity index (χ2v) is 17.1. The van der Waals surface area contributed by atoms with Gasteiger partial charge in [0.15, 0.2) is 0 Å². The van der Waals surface area contributed by atoms with Crippen LogP contribution in [0.25, 0.3) is 0 Å². The minimum absolute atomic E-state index is 0.287. The number of rotatable bonds is 5. The number of hydrogen-bond acceptors (Lipinski definition) is 8. The number of likely N-dealkylation sites (tertiary alicyclic amines) is 2. The van der Waals surface area contributed by atoms with E-state index in [-0.39, 0.29) is 12.6 Å². The Morgan fingerprint density at radius 3 is 1.54 bits per heavy atom. The first-order chi connectivity index (χ1) is 18.8. The van der Waals surface area contributed by atoms with E-state index in [0.717, 1.165) is 5.56 Å². The number of nitrogens with one attached hydrogen (secondary N) is 1. The van der Waals surface area contributed by atoms with E-state index in [1.165, 1.54) is 4.90 Å². The Kier molecular flexibility index (Phi) is 12.3. The fourth-order valence-electron chi connectivity index (χ4n) is 4.22. The van der Waals surface area contributed by atoms with Gasteiger partial charge in [0.25, 0.3) is 0 Å². The first-order valence-electron chi connectivity index (χ1n) is 13.7. The van der Waals surface area contributed by atoms with Crippen LogP contribution in [0.1, 0.15) is 72.8 Å². The Hall–Kier alpha value is -2.09. The van der Waals surface area contributed by atoms with E-state index in [9.17, 15) is 26.4 Å². The minimum Gasteiger partial charge on any atom is -0.444 e. The first kappa shape index (κ1) is 35.1. The van der Waals surface area contributed by atoms with Crippen LogP contribution < -0.4 is 4.72 Å². The van der Waals surface area contributed by atoms with Gasteiger partial charge in [0.1, 0.15) is 11.2 Å². The smallest absolute Gasteiger partial charge is 0.410 e. The third-order valence-electron chi connectivity index (χ3n) is 6.34. The summed E-state index contributed by atoms with van der Waals surface area (Å²) in [6.45, 7) is 12.6. The Bertz CT molecular complexity index is 1210. The van der Waals surface area contributed by atoms with Crippen molar-refractivity contribution in [2.24, 2.45) is 0 Å². The molecule has 0 atom stereocenters. The summed E-state index contributed by atoms with van der Waals surface area (Å²) < 4.78 is 60.3. The number of amides is 2. The fraction of sp³-hybridized carbons (Fsp3) is 0.704. The zero-order chi connectivity index (χ0) is 31.1. The van der Waals surface area contributed by atoms with Crippen LogP contribution in [0.4, 0.5) is 9.59 Å². The quantitative estimate of drug-likeness (QED) is 0.467. The highest BCUT2D eigenvalue weighted by Crippen LogP contribution is 2.22. The van der Waals surface area contributed by atoms with Gasteiger partial charge in [0, 0.05) is 43.4 Å². The number of halogens is 1. The molecule has 234 valence electrons. The summed E-state index contributed by atoms with van der Waals surface area (Å²) >= 11 is 0. The molecule has 0 aromatic heterocycles. The summed E-state index contributed by atoms with van der Waals surface area (Å²) in [5.41, 5.74) is -0.156. The molecule has 41 heavy (non-hydrogen) atoms. The molecule has 2 fully saturated rings. The average Bonchev–Trinajstić information content (AvgIpc) is 2.86. The fourth-order valence-corrected chi connectivity index (χ4v) is 6.96. The van der Waals surface area contributed by atoms with Gasteiger partial charge in [0.2, 0.25) is 19.1 Å². The van der Waals surface area contributed by atoms with E-state index >= 15 is 0 Å². The maximum Gasteiger partial charge on any atom is 0.410 e. The highest BCUT2D eigenvalue weighted by Gasteiger charge is 2.34. The van der Waals surface area contributed by atoms with Crippen LogP contribution in [0.15, 0.2) is 30.3 Å². The van der Waals surface area contributed by atoms with Gasteiger partial charge in [-0.1, -0.05) is 30.3 Å². The van der Waals surface area contributed by atoms with E-state index in [1.54, 1.807) is 25.7 Å². The third kappa shape index (κ3) is 12.8. The number of carbonyl (C=O) groups is 2. The largest absolute Gasteiger partial charge is 0.444 e. The number of carbonyl (C=O) groups excluding carboxylic acids is 2. The Morgan fingerprint density at radius 2 is 1.17 bits per heavy atom. The molecule has 0 radical (unpaired) electrons. The maximum atomic E-state index is 12.4. The molecule has 1 aromatic carbocycles. The van der Waals surface area contributed by atoms with Gasteiger partial charge in [0.05, 0.1) is 10.5 Å². The van der Waals surface area contributed by atoms with Crippen molar-refractivity contribution >= 4 is 41.9 Å². The van der Waals surface area contributed by atoms with Gasteiger partial charge in [-0.15, -0.1) is 0 Å². The number of nitrogens with zero attached hydrogens (tertiary/aromatic N) is 2. The van der Waals surface area contributed by atoms with Crippen molar-refractivity contribution in [3.05, 3.63) is 35.9 Å². The van der Waals surface area contributed by atoms with E-state index in [0.29, 0.717) is 51.9 Å². The van der Waals surface area contributed by atoms with Gasteiger partial charge in [-0.25, -0.2) is 31.1 Å². The molecular weight excluding hydrogens is 594 g/mol. The minimum atomic E-state index is -3.52. The van der Waals surface area contributed by atoms with Crippen molar-refractivity contribution in [3.8, 4) is 0 Å². The molecule has 3 rings (SSSR count). The molecule has 0 unspecified atom stereocenters. The molecule has 2 aliphatic heterocycles. The van der Waals surface area contributed by atoms with E-state index in [1.807, 2.05) is 51.1 Å². The Morgan fingerprint density at radius 1 is 0.780 bits per heavy atom. The van der Waals surface area contributed by atoms with Gasteiger partial charge >= 0.3 is 12.2 Å². The van der Waals surface area contributed by atoms with Crippen molar-refractivity contribution in [2.45, 2.75) is 95.5 Å². The molecule has 2 heterocycles. The maximum absolute atomic E-state index is 12.4. The van der Waals surface area contributed by atoms with Crippen molar-refractivity contribution in [2.75, 3.05) is 26.2 Å². The number of piperidine rings is 2. The molecular formula is C27H44ClN3O8S2. The Balaban J connectivity index is 0.000000305. The summed E-state index contributed by atoms with van der Waals surface area (Å²) in [6, 6.07) is 9.41. The first-order valence-corrected chi connectivity index (χ1v) is 17.6. The second-order valence-electron chi connectivity index (χ2n) is 12.2. The van der Waals surface area contributed by atoms with Crippen molar-refractivity contribution < 1.29 is 35.9 Å². The molecule has 1 aromatic rings. The highest BCUT2D eigenvalue weighted by atomic mass is 35.7. The number of sulfonamides is 1. The van der Waals surface area contributed by atoms with Crippen molar-refractivity contribution in [1.82, 2.24) is 14.5 Å². The van der Waals surface area contributed by atoms with Crippen molar-refractivity contribution in [1.29, 1.82) is 0 Å². The molecule has 0 saturated carbocycles. The summed E-state index contributed by atoms with van der Waals surface area (Å²) in [7, 11) is -1.63. The third-order valence-corrected chi connectivity index (χ3v) is 10.3. The molecule has 2 aliphatic rings. The van der Waals surface area contributed by atoms with E-state index in [2.05, 4.69) is 4.72 Å². The predicted molar refractivity (Wildman–Crippen MR) is 159 cm³/mol. The van der Waals surface area contributed by atoms with Gasteiger partial charge in [-0.3, -0.25) is 0 Å². The van der Waals surface area contributed by atoms with Crippen molar-refractivity contribution in [3.63, 3.8) is 0 Å². The SMILES string of the molecule is CC(C)(C)OC(=O)N1CCC(S(=O)(=O)Cl)CC1.CC(C)(C)OC(=O)N1CCC(S(=O)(=O)NCc2ccccc2)CC1. The lowest BCUT2D eigenvalue weighted by Gasteiger charge is -2.33. The average molecular weight is 638 g/mol. The van der Waals surface area contributed by atoms with Gasteiger partial charge < -0.3 is 19.3 Å². The lowest BCUT2D eigenvalue weighted by atomic mass is 10.1. The summed E-state index contributed by atoms with van der Waals surface area (Å²) in [4.78, 5) is 26.8. The topological polar surface area (TPSA) is 139 Å². The Labute approximate surface area is 249 Å². The molecule has 0 bridgehead atoms. The molecule has 2 saturated heterocycles. The van der Waals surface area contributed by atoms with Crippen LogP contribution in [0.3, 0.4) is 0 Å². The van der Waals surface area contributed by atoms with Crippen LogP contribution in [0, 0.1) is 0 Å². The monoisotopic (exact) mass is 637 g/mol. The second kappa shape index (κ2) is 14.4. The number of ether oxygens (including phenoxy) is 2. The molecule has 1 N–H and O–H groups in total. The lowest BCUT2D eigenvalue weighted by molar-refractivity contribution is 0.0207. The van der Waals surface area contributed by atoms with Crippen LogP contribution in [-0.2, 0) is 35.1 Å². The molecule has 11 nitrogen and oxygen atoms in total. The highest BCUT2D eigenvalue weighted by molar-refractivity contribution is 8.14. The number of benzene rings is 1. The lowest BCUT2D eigenvalue weighted by Crippen LogP contribution is -2.46. The molecule has 14 heteroatoms. The molecule has 0 spiro atoms.